The number of aromatic nitrogens is 1. The summed E-state index contributed by atoms with van der Waals surface area (Å²) in [6.07, 6.45) is 1.81. The number of para-hydroxylation sites is 2. The molecule has 0 bridgehead atoms. The van der Waals surface area contributed by atoms with Crippen LogP contribution in [0.4, 0.5) is 5.69 Å². The average molecular weight is 404 g/mol. The zero-order chi connectivity index (χ0) is 21.5. The number of amides is 1. The maximum atomic E-state index is 12.3. The van der Waals surface area contributed by atoms with Crippen molar-refractivity contribution in [1.29, 1.82) is 0 Å². The lowest BCUT2D eigenvalue weighted by Crippen LogP contribution is -2.33. The Kier molecular flexibility index (Phi) is 6.64. The molecule has 0 aliphatic heterocycles. The highest BCUT2D eigenvalue weighted by Gasteiger charge is 2.13. The van der Waals surface area contributed by atoms with Crippen molar-refractivity contribution in [3.8, 4) is 0 Å². The van der Waals surface area contributed by atoms with Gasteiger partial charge in [-0.05, 0) is 43.5 Å². The fraction of sp³-hybridized carbons (Fsp3) is 0.174. The molecule has 0 unspecified atom stereocenters. The van der Waals surface area contributed by atoms with E-state index in [1.807, 2.05) is 66.9 Å². The fourth-order valence-corrected chi connectivity index (χ4v) is 3.01. The van der Waals surface area contributed by atoms with Gasteiger partial charge in [0.1, 0.15) is 6.54 Å². The summed E-state index contributed by atoms with van der Waals surface area (Å²) in [4.78, 5) is 28.9. The lowest BCUT2D eigenvalue weighted by atomic mass is 10.2. The van der Waals surface area contributed by atoms with Crippen molar-refractivity contribution in [1.82, 2.24) is 9.88 Å². The maximum Gasteiger partial charge on any atom is 0.326 e. The number of nitrogens with zero attached hydrogens (tertiary/aromatic N) is 2. The van der Waals surface area contributed by atoms with Crippen molar-refractivity contribution < 1.29 is 14.3 Å². The Morgan fingerprint density at radius 1 is 1.03 bits per heavy atom. The largest absolute Gasteiger partial charge is 0.454 e. The number of carbonyl (C=O) groups excluding carboxylic acids is 2. The molecule has 0 fully saturated rings. The van der Waals surface area contributed by atoms with Crippen LogP contribution in [0.5, 0.6) is 0 Å². The molecule has 0 saturated heterocycles. The molecule has 1 amide bonds. The van der Waals surface area contributed by atoms with Crippen LogP contribution in [0.3, 0.4) is 0 Å². The molecule has 7 nitrogen and oxygen atoms in total. The molecule has 1 heterocycles. The van der Waals surface area contributed by atoms with E-state index in [0.717, 1.165) is 16.6 Å². The van der Waals surface area contributed by atoms with Crippen LogP contribution in [-0.4, -0.2) is 28.8 Å². The summed E-state index contributed by atoms with van der Waals surface area (Å²) >= 11 is 0. The standard InChI is InChI=1S/C23H24N4O3/c1-16(24)23(17(2)25-19-9-4-3-5-10-19)26-21(28)15-30-22(29)14-27-13-12-18-8-6-7-11-20(18)27/h3-13H,14-15,24H2,1-2H3,(H,26,28). The first-order valence-electron chi connectivity index (χ1n) is 9.50. The van der Waals surface area contributed by atoms with Crippen LogP contribution in [0.25, 0.3) is 10.9 Å². The number of aliphatic imine (C=N–C) groups is 1. The first-order valence-corrected chi connectivity index (χ1v) is 9.50. The second-order valence-corrected chi connectivity index (χ2v) is 6.80. The summed E-state index contributed by atoms with van der Waals surface area (Å²) in [6, 6.07) is 19.0. The van der Waals surface area contributed by atoms with Gasteiger partial charge in [-0.15, -0.1) is 0 Å². The predicted molar refractivity (Wildman–Crippen MR) is 117 cm³/mol. The number of fused-ring (bicyclic) bond motifs is 1. The minimum atomic E-state index is -0.504. The topological polar surface area (TPSA) is 98.7 Å². The third-order valence-electron chi connectivity index (χ3n) is 4.42. The first-order chi connectivity index (χ1) is 14.4. The van der Waals surface area contributed by atoms with Gasteiger partial charge in [-0.1, -0.05) is 36.4 Å². The van der Waals surface area contributed by atoms with Gasteiger partial charge >= 0.3 is 5.97 Å². The van der Waals surface area contributed by atoms with Gasteiger partial charge in [0.2, 0.25) is 0 Å². The van der Waals surface area contributed by atoms with Gasteiger partial charge in [-0.3, -0.25) is 14.6 Å². The Morgan fingerprint density at radius 2 is 1.73 bits per heavy atom. The quantitative estimate of drug-likeness (QED) is 0.466. The molecule has 2 aromatic carbocycles. The number of ether oxygens (including phenoxy) is 1. The van der Waals surface area contributed by atoms with Gasteiger partial charge in [-0.25, -0.2) is 0 Å². The van der Waals surface area contributed by atoms with Crippen molar-refractivity contribution in [3.63, 3.8) is 0 Å². The predicted octanol–water partition coefficient (Wildman–Crippen LogP) is 3.28. The molecule has 0 aliphatic carbocycles. The fourth-order valence-electron chi connectivity index (χ4n) is 3.01. The van der Waals surface area contributed by atoms with Gasteiger partial charge in [0, 0.05) is 17.4 Å². The van der Waals surface area contributed by atoms with Crippen molar-refractivity contribution in [3.05, 3.63) is 78.3 Å². The van der Waals surface area contributed by atoms with E-state index in [9.17, 15) is 9.59 Å². The van der Waals surface area contributed by atoms with E-state index in [4.69, 9.17) is 10.5 Å². The lowest BCUT2D eigenvalue weighted by Gasteiger charge is -2.12. The van der Waals surface area contributed by atoms with Crippen LogP contribution in [0.2, 0.25) is 0 Å². The Morgan fingerprint density at radius 3 is 2.47 bits per heavy atom. The van der Waals surface area contributed by atoms with E-state index in [1.54, 1.807) is 18.4 Å². The molecule has 0 atom stereocenters. The molecule has 3 N–H and O–H groups in total. The van der Waals surface area contributed by atoms with Gasteiger partial charge in [-0.2, -0.15) is 0 Å². The summed E-state index contributed by atoms with van der Waals surface area (Å²) < 4.78 is 6.91. The summed E-state index contributed by atoms with van der Waals surface area (Å²) in [7, 11) is 0. The lowest BCUT2D eigenvalue weighted by molar-refractivity contribution is -0.148. The van der Waals surface area contributed by atoms with E-state index >= 15 is 0 Å². The van der Waals surface area contributed by atoms with Gasteiger partial charge in [0.25, 0.3) is 5.91 Å². The molecule has 0 radical (unpaired) electrons. The second-order valence-electron chi connectivity index (χ2n) is 6.80. The molecule has 7 heteroatoms. The van der Waals surface area contributed by atoms with Crippen molar-refractivity contribution in [2.45, 2.75) is 20.4 Å². The van der Waals surface area contributed by atoms with Crippen LogP contribution < -0.4 is 11.1 Å². The molecule has 30 heavy (non-hydrogen) atoms. The molecule has 3 aromatic rings. The highest BCUT2D eigenvalue weighted by molar-refractivity contribution is 6.03. The summed E-state index contributed by atoms with van der Waals surface area (Å²) in [5.74, 6) is -0.987. The van der Waals surface area contributed by atoms with Gasteiger partial charge in [0.05, 0.1) is 17.1 Å². The number of nitrogens with two attached hydrogens (primary N) is 1. The highest BCUT2D eigenvalue weighted by Crippen LogP contribution is 2.15. The first kappa shape index (κ1) is 20.9. The molecule has 1 aromatic heterocycles. The number of hydrogen-bond acceptors (Lipinski definition) is 5. The highest BCUT2D eigenvalue weighted by atomic mass is 16.5. The molecule has 0 aliphatic rings. The summed E-state index contributed by atoms with van der Waals surface area (Å²) in [6.45, 7) is 3.03. The SMILES string of the molecule is CC(=Nc1ccccc1)C(NC(=O)COC(=O)Cn1ccc2ccccc21)=C(C)N. The third-order valence-corrected chi connectivity index (χ3v) is 4.42. The number of hydrogen-bond donors (Lipinski definition) is 2. The van der Waals surface area contributed by atoms with Crippen LogP contribution in [0.1, 0.15) is 13.8 Å². The molecule has 0 spiro atoms. The van der Waals surface area contributed by atoms with Gasteiger partial charge < -0.3 is 20.4 Å². The number of allylic oxidation sites excluding steroid dienone is 2. The van der Waals surface area contributed by atoms with Crippen molar-refractivity contribution in [2.75, 3.05) is 6.61 Å². The molecule has 154 valence electrons. The van der Waals surface area contributed by atoms with Crippen LogP contribution >= 0.6 is 0 Å². The van der Waals surface area contributed by atoms with Crippen LogP contribution in [-0.2, 0) is 20.9 Å². The van der Waals surface area contributed by atoms with Crippen LogP contribution in [0.15, 0.2) is 83.2 Å². The zero-order valence-electron chi connectivity index (χ0n) is 17.0. The monoisotopic (exact) mass is 404 g/mol. The van der Waals surface area contributed by atoms with E-state index < -0.39 is 18.5 Å². The number of carbonyl (C=O) groups is 2. The number of rotatable bonds is 7. The Bertz CT molecular complexity index is 1110. The number of nitrogens with one attached hydrogen (secondary N) is 1. The van der Waals surface area contributed by atoms with Crippen LogP contribution in [0, 0.1) is 0 Å². The third kappa shape index (κ3) is 5.35. The molecular weight excluding hydrogens is 380 g/mol. The molecule has 0 saturated carbocycles. The Balaban J connectivity index is 1.57. The van der Waals surface area contributed by atoms with E-state index in [1.165, 1.54) is 0 Å². The normalized spacial score (nSPS) is 12.4. The maximum absolute atomic E-state index is 12.3. The van der Waals surface area contributed by atoms with E-state index in [-0.39, 0.29) is 6.54 Å². The zero-order valence-corrected chi connectivity index (χ0v) is 17.0. The smallest absolute Gasteiger partial charge is 0.326 e. The summed E-state index contributed by atoms with van der Waals surface area (Å²) in [5.41, 5.74) is 8.94. The summed E-state index contributed by atoms with van der Waals surface area (Å²) in [5, 5.41) is 3.71. The minimum absolute atomic E-state index is 0.0217. The molecular formula is C23H24N4O3. The Hall–Kier alpha value is -3.87. The average Bonchev–Trinajstić information content (AvgIpc) is 3.14. The second kappa shape index (κ2) is 9.56. The minimum Gasteiger partial charge on any atom is -0.454 e. The van der Waals surface area contributed by atoms with Crippen molar-refractivity contribution in [2.24, 2.45) is 10.7 Å². The van der Waals surface area contributed by atoms with Gasteiger partial charge in [0.15, 0.2) is 6.61 Å². The Labute approximate surface area is 174 Å². The number of esters is 1. The van der Waals surface area contributed by atoms with E-state index in [0.29, 0.717) is 17.1 Å². The number of benzene rings is 2. The van der Waals surface area contributed by atoms with Crippen molar-refractivity contribution >= 4 is 34.2 Å². The molecule has 3 rings (SSSR count). The van der Waals surface area contributed by atoms with E-state index in [2.05, 4.69) is 10.3 Å².